The van der Waals surface area contributed by atoms with Gasteiger partial charge >= 0.3 is 0 Å². The van der Waals surface area contributed by atoms with Gasteiger partial charge in [-0.05, 0) is 232 Å². The molecule has 8 aromatic heterocycles. The van der Waals surface area contributed by atoms with Crippen molar-refractivity contribution in [1.82, 2.24) is 0 Å². The summed E-state index contributed by atoms with van der Waals surface area (Å²) in [4.78, 5) is 9.64. The first kappa shape index (κ1) is 87.4. The largest absolute Gasteiger partial charge is 0.456 e. The summed E-state index contributed by atoms with van der Waals surface area (Å²) in [5.41, 5.74) is 15.8. The molecule has 0 unspecified atom stereocenters. The summed E-state index contributed by atoms with van der Waals surface area (Å²) in [6.07, 6.45) is 0. The average Bonchev–Trinajstić information content (AvgIpc) is 1.57. The van der Waals surface area contributed by atoms with Crippen LogP contribution in [0.25, 0.3) is 206 Å². The fourth-order valence-corrected chi connectivity index (χ4v) is 31.1. The molecule has 0 aliphatic carbocycles. The second-order valence-corrected chi connectivity index (χ2v) is 44.9. The van der Waals surface area contributed by atoms with Crippen LogP contribution in [0.2, 0.25) is 0 Å². The van der Waals surface area contributed by atoms with Gasteiger partial charge in [0.1, 0.15) is 11.2 Å². The predicted molar refractivity (Wildman–Crippen MR) is 652 cm³/mol. The number of hydrogen-bond acceptors (Lipinski definition) is 12. The zero-order valence-electron chi connectivity index (χ0n) is 79.6. The highest BCUT2D eigenvalue weighted by Crippen LogP contribution is 2.57. The third-order valence-electron chi connectivity index (χ3n) is 29.0. The van der Waals surface area contributed by atoms with Gasteiger partial charge in [-0.3, -0.25) is 0 Å². The molecule has 0 bridgehead atoms. The number of para-hydroxylation sites is 5. The monoisotopic (exact) mass is 2010 g/mol. The summed E-state index contributed by atoms with van der Waals surface area (Å²) >= 11 is 13.3. The Labute approximate surface area is 879 Å². The second-order valence-electron chi connectivity index (χ2n) is 37.4. The highest BCUT2D eigenvalue weighted by Gasteiger charge is 2.29. The van der Waals surface area contributed by atoms with Crippen molar-refractivity contribution in [2.24, 2.45) is 0 Å². The maximum absolute atomic E-state index is 6.40. The average molecular weight is 2010 g/mol. The van der Waals surface area contributed by atoms with Gasteiger partial charge in [-0.1, -0.05) is 315 Å². The van der Waals surface area contributed by atoms with Crippen LogP contribution in [-0.2, 0) is 0 Å². The van der Waals surface area contributed by atoms with E-state index in [4.69, 9.17) is 4.42 Å². The van der Waals surface area contributed by atoms with Crippen molar-refractivity contribution >= 4 is 354 Å². The van der Waals surface area contributed by atoms with E-state index in [-0.39, 0.29) is 0 Å². The Hall–Kier alpha value is -17.1. The van der Waals surface area contributed by atoms with Crippen LogP contribution in [0.4, 0.5) is 68.2 Å². The first-order valence-electron chi connectivity index (χ1n) is 49.8. The zero-order chi connectivity index (χ0) is 97.4. The lowest BCUT2D eigenvalue weighted by molar-refractivity contribution is 0.669. The molecule has 0 aliphatic heterocycles. The number of hydrogen-bond donors (Lipinski definition) is 0. The van der Waals surface area contributed by atoms with Crippen molar-refractivity contribution in [3.8, 4) is 0 Å². The maximum Gasteiger partial charge on any atom is 0.137 e. The molecule has 12 heteroatoms. The van der Waals surface area contributed by atoms with Crippen LogP contribution < -0.4 is 19.6 Å². The predicted octanol–water partition coefficient (Wildman–Crippen LogP) is 43.7. The summed E-state index contributed by atoms with van der Waals surface area (Å²) in [5.74, 6) is 0. The van der Waals surface area contributed by atoms with Crippen molar-refractivity contribution in [2.75, 3.05) is 19.6 Å². The van der Waals surface area contributed by atoms with Crippen molar-refractivity contribution in [2.45, 2.75) is 0 Å². The van der Waals surface area contributed by atoms with E-state index in [0.29, 0.717) is 0 Å². The lowest BCUT2D eigenvalue weighted by Crippen LogP contribution is -2.10. The minimum Gasteiger partial charge on any atom is -0.456 e. The van der Waals surface area contributed by atoms with Crippen molar-refractivity contribution in [3.63, 3.8) is 0 Å². The van der Waals surface area contributed by atoms with Gasteiger partial charge in [0.2, 0.25) is 0 Å². The van der Waals surface area contributed by atoms with Gasteiger partial charge in [-0.2, -0.15) is 0 Å². The molecule has 0 aliphatic rings. The molecule has 5 nitrogen and oxygen atoms in total. The Bertz CT molecular complexity index is 10800. The number of benzene rings is 24. The zero-order valence-corrected chi connectivity index (χ0v) is 85.3. The highest BCUT2D eigenvalue weighted by atomic mass is 32.1. The van der Waals surface area contributed by atoms with Gasteiger partial charge in [0.05, 0.1) is 33.8 Å². The van der Waals surface area contributed by atoms with E-state index in [2.05, 4.69) is 529 Å². The van der Waals surface area contributed by atoms with E-state index < -0.39 is 0 Å². The first-order chi connectivity index (χ1) is 73.4. The first-order valence-corrected chi connectivity index (χ1v) is 55.5. The fraction of sp³-hybridized carbons (Fsp3) is 0. The molecule has 148 heavy (non-hydrogen) atoms. The van der Waals surface area contributed by atoms with Gasteiger partial charge < -0.3 is 24.0 Å². The lowest BCUT2D eigenvalue weighted by atomic mass is 10.0. The van der Waals surface area contributed by atoms with Gasteiger partial charge in [0, 0.05) is 192 Å². The minimum atomic E-state index is 0.907. The summed E-state index contributed by atoms with van der Waals surface area (Å²) in [6, 6.07) is 184. The Morgan fingerprint density at radius 3 is 0.851 bits per heavy atom. The van der Waals surface area contributed by atoms with Crippen molar-refractivity contribution in [3.05, 3.63) is 510 Å². The van der Waals surface area contributed by atoms with Crippen molar-refractivity contribution in [1.29, 1.82) is 0 Å². The van der Waals surface area contributed by atoms with Crippen LogP contribution in [0.15, 0.2) is 514 Å². The molecule has 696 valence electrons. The molecular weight excluding hydrogens is 1930 g/mol. The molecule has 32 aromatic rings. The number of fused-ring (bicyclic) bond motifs is 33. The summed E-state index contributed by atoms with van der Waals surface area (Å²) in [5, 5.41) is 31.2. The van der Waals surface area contributed by atoms with Crippen LogP contribution in [-0.4, -0.2) is 0 Å². The van der Waals surface area contributed by atoms with E-state index in [1.165, 1.54) is 218 Å². The van der Waals surface area contributed by atoms with E-state index in [1.807, 2.05) is 79.4 Å². The van der Waals surface area contributed by atoms with Crippen LogP contribution in [0.1, 0.15) is 0 Å². The molecule has 0 amide bonds. The Morgan fingerprint density at radius 2 is 0.405 bits per heavy atom. The van der Waals surface area contributed by atoms with Gasteiger partial charge in [-0.25, -0.2) is 0 Å². The Morgan fingerprint density at radius 1 is 0.128 bits per heavy atom. The quantitative estimate of drug-likeness (QED) is 0.114. The number of anilines is 12. The normalized spacial score (nSPS) is 11.8. The molecule has 0 saturated carbocycles. The summed E-state index contributed by atoms with van der Waals surface area (Å²) in [6.45, 7) is 0. The van der Waals surface area contributed by atoms with Crippen LogP contribution in [0.3, 0.4) is 0 Å². The highest BCUT2D eigenvalue weighted by molar-refractivity contribution is 7.32. The third kappa shape index (κ3) is 14.8. The molecule has 0 fully saturated rings. The molecule has 8 heterocycles. The van der Waals surface area contributed by atoms with Gasteiger partial charge in [0.15, 0.2) is 0 Å². The van der Waals surface area contributed by atoms with Crippen LogP contribution >= 0.6 is 79.4 Å². The molecule has 24 aromatic carbocycles. The number of rotatable bonds is 12. The van der Waals surface area contributed by atoms with Crippen LogP contribution in [0.5, 0.6) is 0 Å². The molecule has 0 saturated heterocycles. The van der Waals surface area contributed by atoms with Crippen molar-refractivity contribution < 1.29 is 4.42 Å². The summed E-state index contributed by atoms with van der Waals surface area (Å²) < 4.78 is 25.1. The lowest BCUT2D eigenvalue weighted by Gasteiger charge is -2.27. The van der Waals surface area contributed by atoms with E-state index in [1.54, 1.807) is 0 Å². The SMILES string of the molecule is c1ccc(N(c2ccc3ccc4ccccc4c3c2)c2cccc3sc4ccc5c6ccccc6sc5c4c23)cc1.c1ccc(N(c2ccc3ccccc3c2)c2cccc3sc4ccc5c6ccccc6sc5c4c23)cc1.c1ccc(N(c2cccc3ccccc23)c2cccc3sc4ccc5c6ccccc6sc5c4c23)cc1.c1ccc(N(c2ccccc2)c2cccc3oc4ccc5c6ccccc6sc5c4c23)cc1. The number of thiophene rings is 7. The fourth-order valence-electron chi connectivity index (χ4n) is 22.4. The molecule has 32 rings (SSSR count). The van der Waals surface area contributed by atoms with Gasteiger partial charge in [-0.15, -0.1) is 79.4 Å². The topological polar surface area (TPSA) is 26.1 Å². The smallest absolute Gasteiger partial charge is 0.137 e. The minimum absolute atomic E-state index is 0.907. The van der Waals surface area contributed by atoms with E-state index >= 15 is 0 Å². The summed E-state index contributed by atoms with van der Waals surface area (Å²) in [7, 11) is 0. The second kappa shape index (κ2) is 36.6. The molecular formula is C136H84N4OS7. The molecule has 0 N–H and O–H groups in total. The van der Waals surface area contributed by atoms with Crippen LogP contribution in [0, 0.1) is 0 Å². The number of nitrogens with zero attached hydrogens (tertiary/aromatic N) is 4. The maximum atomic E-state index is 6.40. The van der Waals surface area contributed by atoms with E-state index in [9.17, 15) is 0 Å². The molecule has 0 atom stereocenters. The third-order valence-corrected chi connectivity index (χ3v) is 37.1. The molecule has 0 spiro atoms. The Balaban J connectivity index is 0.0000000933. The number of furan rings is 1. The Kier molecular flexibility index (Phi) is 21.6. The molecule has 0 radical (unpaired) electrons. The standard InChI is InChI=1S/C38H23NS2.2C34H21NS2.C30H19NOS/c1-2-10-26(11-3-1)39(27-20-19-25-18-17-24-9-4-5-12-28(24)31(25)23-27)32-14-8-16-34-36(32)37-35(40-34)22-21-30-29-13-6-7-15-33(29)41-38(30)37;1-2-12-23(13-3-1)35(27-16-8-11-22-10-4-5-14-24(22)27)28-17-9-19-30-32(28)33-31(36-30)21-20-26-25-15-6-7-18-29(25)37-34(26)33;1-2-11-24(12-3-1)35(25-18-17-22-9-4-5-10-23(22)21-25)28-14-8-16-30-32(28)33-31(36-30)20-19-27-26-13-6-7-15-29(26)37-34(27)33;1-3-10-20(11-4-1)31(21-12-5-2-6-13-21)24-15-9-16-25-28(24)29-26(32-25)19-18-23-22-14-7-8-17-27(22)33-30(23)29/h1-23H;2*1-21H;1-19H. The van der Waals surface area contributed by atoms with E-state index in [0.717, 1.165) is 56.4 Å². The van der Waals surface area contributed by atoms with Gasteiger partial charge in [0.25, 0.3) is 0 Å².